The summed E-state index contributed by atoms with van der Waals surface area (Å²) in [5.41, 5.74) is 2.04. The topological polar surface area (TPSA) is 40.6 Å². The Bertz CT molecular complexity index is 535. The molecule has 1 heterocycles. The molecule has 2 rings (SSSR count). The Hall–Kier alpha value is -1.84. The van der Waals surface area contributed by atoms with Crippen molar-refractivity contribution in [3.63, 3.8) is 0 Å². The second-order valence-corrected chi connectivity index (χ2v) is 6.85. The van der Waals surface area contributed by atoms with E-state index in [1.807, 2.05) is 41.0 Å². The largest absolute Gasteiger partial charge is 0.339 e. The van der Waals surface area contributed by atoms with Crippen LogP contribution in [-0.2, 0) is 10.2 Å². The van der Waals surface area contributed by atoms with Gasteiger partial charge in [-0.15, -0.1) is 0 Å². The van der Waals surface area contributed by atoms with E-state index in [1.54, 1.807) is 0 Å². The van der Waals surface area contributed by atoms with Crippen molar-refractivity contribution in [2.24, 2.45) is 0 Å². The normalized spacial score (nSPS) is 15.8. The molecule has 1 fully saturated rings. The highest BCUT2D eigenvalue weighted by molar-refractivity contribution is 5.94. The minimum absolute atomic E-state index is 0.0593. The SMILES string of the molecule is CCC(=O)N1CCN(C(=O)c2ccc(C(C)(C)C)cc2)CC1. The van der Waals surface area contributed by atoms with Crippen LogP contribution in [-0.4, -0.2) is 47.8 Å². The number of hydrogen-bond acceptors (Lipinski definition) is 2. The first kappa shape index (κ1) is 16.5. The zero-order chi connectivity index (χ0) is 16.3. The molecule has 0 aliphatic carbocycles. The van der Waals surface area contributed by atoms with Crippen molar-refractivity contribution in [2.75, 3.05) is 26.2 Å². The maximum atomic E-state index is 12.5. The van der Waals surface area contributed by atoms with Crippen molar-refractivity contribution in [3.05, 3.63) is 35.4 Å². The molecule has 0 unspecified atom stereocenters. The third-order valence-corrected chi connectivity index (χ3v) is 4.22. The quantitative estimate of drug-likeness (QED) is 0.843. The van der Waals surface area contributed by atoms with Gasteiger partial charge in [-0.3, -0.25) is 9.59 Å². The maximum Gasteiger partial charge on any atom is 0.253 e. The molecule has 2 amide bonds. The van der Waals surface area contributed by atoms with Crippen LogP contribution >= 0.6 is 0 Å². The highest BCUT2D eigenvalue weighted by Crippen LogP contribution is 2.22. The monoisotopic (exact) mass is 302 g/mol. The lowest BCUT2D eigenvalue weighted by Crippen LogP contribution is -2.50. The van der Waals surface area contributed by atoms with Crippen LogP contribution in [0.15, 0.2) is 24.3 Å². The van der Waals surface area contributed by atoms with Crippen molar-refractivity contribution in [2.45, 2.75) is 39.5 Å². The fourth-order valence-corrected chi connectivity index (χ4v) is 2.68. The van der Waals surface area contributed by atoms with Gasteiger partial charge >= 0.3 is 0 Å². The zero-order valence-corrected chi connectivity index (χ0v) is 14.1. The Kier molecular flexibility index (Phi) is 4.89. The number of carbonyl (C=O) groups is 2. The molecule has 0 atom stereocenters. The van der Waals surface area contributed by atoms with Crippen LogP contribution < -0.4 is 0 Å². The van der Waals surface area contributed by atoms with E-state index < -0.39 is 0 Å². The lowest BCUT2D eigenvalue weighted by atomic mass is 9.86. The third-order valence-electron chi connectivity index (χ3n) is 4.22. The zero-order valence-electron chi connectivity index (χ0n) is 14.1. The van der Waals surface area contributed by atoms with Crippen molar-refractivity contribution < 1.29 is 9.59 Å². The Morgan fingerprint density at radius 1 is 0.955 bits per heavy atom. The standard InChI is InChI=1S/C18H26N2O2/c1-5-16(21)19-10-12-20(13-11-19)17(22)14-6-8-15(9-7-14)18(2,3)4/h6-9H,5,10-13H2,1-4H3. The lowest BCUT2D eigenvalue weighted by Gasteiger charge is -2.34. The molecule has 4 nitrogen and oxygen atoms in total. The molecule has 1 aromatic rings. The summed E-state index contributed by atoms with van der Waals surface area (Å²) in [4.78, 5) is 27.9. The van der Waals surface area contributed by atoms with E-state index in [0.29, 0.717) is 32.6 Å². The molecule has 0 radical (unpaired) electrons. The van der Waals surface area contributed by atoms with Gasteiger partial charge < -0.3 is 9.80 Å². The van der Waals surface area contributed by atoms with E-state index in [4.69, 9.17) is 0 Å². The van der Waals surface area contributed by atoms with Crippen LogP contribution in [0, 0.1) is 0 Å². The van der Waals surface area contributed by atoms with E-state index in [-0.39, 0.29) is 17.2 Å². The Morgan fingerprint density at radius 2 is 1.45 bits per heavy atom. The molecule has 0 aromatic heterocycles. The summed E-state index contributed by atoms with van der Waals surface area (Å²) < 4.78 is 0. The molecule has 0 bridgehead atoms. The smallest absolute Gasteiger partial charge is 0.253 e. The molecule has 1 aromatic carbocycles. The summed E-state index contributed by atoms with van der Waals surface area (Å²) in [7, 11) is 0. The number of benzene rings is 1. The van der Waals surface area contributed by atoms with Crippen LogP contribution in [0.2, 0.25) is 0 Å². The molecule has 0 spiro atoms. The Morgan fingerprint density at radius 3 is 1.91 bits per heavy atom. The van der Waals surface area contributed by atoms with Gasteiger partial charge in [-0.25, -0.2) is 0 Å². The number of hydrogen-bond donors (Lipinski definition) is 0. The van der Waals surface area contributed by atoms with Crippen molar-refractivity contribution in [1.82, 2.24) is 9.80 Å². The number of nitrogens with zero attached hydrogens (tertiary/aromatic N) is 2. The Labute approximate surface area is 133 Å². The van der Waals surface area contributed by atoms with Gasteiger partial charge in [-0.05, 0) is 23.1 Å². The Balaban J connectivity index is 2.00. The highest BCUT2D eigenvalue weighted by atomic mass is 16.2. The first-order chi connectivity index (χ1) is 10.3. The van der Waals surface area contributed by atoms with Gasteiger partial charge in [0.05, 0.1) is 0 Å². The molecule has 0 N–H and O–H groups in total. The molecule has 0 saturated carbocycles. The first-order valence-electron chi connectivity index (χ1n) is 8.00. The number of amides is 2. The number of piperazine rings is 1. The molecular formula is C18H26N2O2. The number of rotatable bonds is 2. The molecule has 1 aliphatic rings. The second-order valence-electron chi connectivity index (χ2n) is 6.85. The van der Waals surface area contributed by atoms with Gasteiger partial charge in [-0.2, -0.15) is 0 Å². The molecule has 1 aliphatic heterocycles. The fourth-order valence-electron chi connectivity index (χ4n) is 2.68. The summed E-state index contributed by atoms with van der Waals surface area (Å²) in [6.45, 7) is 10.9. The molecule has 120 valence electrons. The van der Waals surface area contributed by atoms with Crippen LogP contribution in [0.5, 0.6) is 0 Å². The van der Waals surface area contributed by atoms with Gasteiger partial charge in [0.2, 0.25) is 5.91 Å². The predicted octanol–water partition coefficient (Wildman–Crippen LogP) is 2.68. The molecular weight excluding hydrogens is 276 g/mol. The summed E-state index contributed by atoms with van der Waals surface area (Å²) in [5, 5.41) is 0. The summed E-state index contributed by atoms with van der Waals surface area (Å²) >= 11 is 0. The average Bonchev–Trinajstić information content (AvgIpc) is 2.53. The summed E-state index contributed by atoms with van der Waals surface area (Å²) in [6.07, 6.45) is 0.530. The van der Waals surface area contributed by atoms with Crippen LogP contribution in [0.25, 0.3) is 0 Å². The predicted molar refractivity (Wildman–Crippen MR) is 87.9 cm³/mol. The number of carbonyl (C=O) groups excluding carboxylic acids is 2. The third kappa shape index (κ3) is 3.67. The van der Waals surface area contributed by atoms with Gasteiger partial charge in [0.1, 0.15) is 0 Å². The average molecular weight is 302 g/mol. The second kappa shape index (κ2) is 6.51. The minimum atomic E-state index is 0.0593. The highest BCUT2D eigenvalue weighted by Gasteiger charge is 2.24. The van der Waals surface area contributed by atoms with Crippen molar-refractivity contribution in [3.8, 4) is 0 Å². The van der Waals surface area contributed by atoms with Gasteiger partial charge in [0.25, 0.3) is 5.91 Å². The van der Waals surface area contributed by atoms with Gasteiger partial charge in [0.15, 0.2) is 0 Å². The lowest BCUT2D eigenvalue weighted by molar-refractivity contribution is -0.132. The van der Waals surface area contributed by atoms with Crippen LogP contribution in [0.1, 0.15) is 50.0 Å². The summed E-state index contributed by atoms with van der Waals surface area (Å²) in [6, 6.07) is 7.88. The van der Waals surface area contributed by atoms with E-state index >= 15 is 0 Å². The van der Waals surface area contributed by atoms with Crippen molar-refractivity contribution in [1.29, 1.82) is 0 Å². The molecule has 22 heavy (non-hydrogen) atoms. The van der Waals surface area contributed by atoms with Crippen LogP contribution in [0.3, 0.4) is 0 Å². The summed E-state index contributed by atoms with van der Waals surface area (Å²) in [5.74, 6) is 0.227. The molecule has 1 saturated heterocycles. The first-order valence-corrected chi connectivity index (χ1v) is 8.00. The van der Waals surface area contributed by atoms with Gasteiger partial charge in [0, 0.05) is 38.2 Å². The fraction of sp³-hybridized carbons (Fsp3) is 0.556. The van der Waals surface area contributed by atoms with Crippen LogP contribution in [0.4, 0.5) is 0 Å². The van der Waals surface area contributed by atoms with E-state index in [9.17, 15) is 9.59 Å². The maximum absolute atomic E-state index is 12.5. The van der Waals surface area contributed by atoms with Crippen molar-refractivity contribution >= 4 is 11.8 Å². The van der Waals surface area contributed by atoms with E-state index in [2.05, 4.69) is 20.8 Å². The minimum Gasteiger partial charge on any atom is -0.339 e. The van der Waals surface area contributed by atoms with E-state index in [0.717, 1.165) is 5.56 Å². The van der Waals surface area contributed by atoms with Gasteiger partial charge in [-0.1, -0.05) is 39.8 Å². The van der Waals surface area contributed by atoms with E-state index in [1.165, 1.54) is 5.56 Å². The molecule has 4 heteroatoms.